The SMILES string of the molecule is CCCN1CCC(N(C)CC(O)COC2CCOCC2)CC1. The number of aliphatic hydroxyl groups excluding tert-OH is 1. The third kappa shape index (κ3) is 6.13. The first-order chi connectivity index (χ1) is 10.7. The molecule has 1 N–H and O–H groups in total. The minimum atomic E-state index is -0.387. The number of nitrogens with zero attached hydrogens (tertiary/aromatic N) is 2. The number of rotatable bonds is 8. The van der Waals surface area contributed by atoms with Crippen LogP contribution in [-0.4, -0.2) is 86.2 Å². The second kappa shape index (κ2) is 9.83. The highest BCUT2D eigenvalue weighted by Gasteiger charge is 2.24. The summed E-state index contributed by atoms with van der Waals surface area (Å²) in [6.07, 6.45) is 5.46. The monoisotopic (exact) mass is 314 g/mol. The van der Waals surface area contributed by atoms with Crippen molar-refractivity contribution in [2.45, 2.75) is 57.3 Å². The molecule has 0 saturated carbocycles. The predicted molar refractivity (Wildman–Crippen MR) is 88.2 cm³/mol. The lowest BCUT2D eigenvalue weighted by molar-refractivity contribution is -0.0656. The van der Waals surface area contributed by atoms with Gasteiger partial charge in [0.2, 0.25) is 0 Å². The van der Waals surface area contributed by atoms with E-state index in [9.17, 15) is 5.11 Å². The first-order valence-electron chi connectivity index (χ1n) is 8.99. The highest BCUT2D eigenvalue weighted by atomic mass is 16.5. The van der Waals surface area contributed by atoms with Gasteiger partial charge in [-0.2, -0.15) is 0 Å². The molecule has 0 amide bonds. The molecule has 0 aromatic carbocycles. The van der Waals surface area contributed by atoms with Crippen LogP contribution < -0.4 is 0 Å². The van der Waals surface area contributed by atoms with Crippen molar-refractivity contribution < 1.29 is 14.6 Å². The molecular formula is C17H34N2O3. The largest absolute Gasteiger partial charge is 0.389 e. The summed E-state index contributed by atoms with van der Waals surface area (Å²) in [6.45, 7) is 8.58. The molecular weight excluding hydrogens is 280 g/mol. The topological polar surface area (TPSA) is 45.2 Å². The summed E-state index contributed by atoms with van der Waals surface area (Å²) >= 11 is 0. The lowest BCUT2D eigenvalue weighted by Gasteiger charge is -2.37. The molecule has 1 unspecified atom stereocenters. The van der Waals surface area contributed by atoms with Gasteiger partial charge in [0.25, 0.3) is 0 Å². The Morgan fingerprint density at radius 1 is 1.23 bits per heavy atom. The van der Waals surface area contributed by atoms with E-state index in [0.29, 0.717) is 19.2 Å². The van der Waals surface area contributed by atoms with E-state index in [1.165, 1.54) is 38.9 Å². The molecule has 2 saturated heterocycles. The molecule has 2 aliphatic heterocycles. The van der Waals surface area contributed by atoms with Gasteiger partial charge in [0.05, 0.1) is 18.8 Å². The van der Waals surface area contributed by atoms with Crippen LogP contribution in [0.3, 0.4) is 0 Å². The van der Waals surface area contributed by atoms with Gasteiger partial charge in [0.1, 0.15) is 0 Å². The van der Waals surface area contributed by atoms with Crippen LogP contribution in [-0.2, 0) is 9.47 Å². The maximum absolute atomic E-state index is 10.2. The molecule has 2 aliphatic rings. The quantitative estimate of drug-likeness (QED) is 0.733. The Morgan fingerprint density at radius 2 is 1.91 bits per heavy atom. The zero-order valence-electron chi connectivity index (χ0n) is 14.4. The second-order valence-electron chi connectivity index (χ2n) is 6.81. The number of likely N-dealkylation sites (tertiary alicyclic amines) is 1. The predicted octanol–water partition coefficient (Wildman–Crippen LogP) is 1.35. The van der Waals surface area contributed by atoms with Gasteiger partial charge in [-0.25, -0.2) is 0 Å². The fourth-order valence-corrected chi connectivity index (χ4v) is 3.52. The van der Waals surface area contributed by atoms with Crippen LogP contribution in [0, 0.1) is 0 Å². The zero-order chi connectivity index (χ0) is 15.8. The highest BCUT2D eigenvalue weighted by molar-refractivity contribution is 4.79. The average molecular weight is 314 g/mol. The summed E-state index contributed by atoms with van der Waals surface area (Å²) in [4.78, 5) is 4.87. The van der Waals surface area contributed by atoms with Crippen molar-refractivity contribution in [2.75, 3.05) is 53.0 Å². The van der Waals surface area contributed by atoms with Crippen LogP contribution in [0.1, 0.15) is 39.0 Å². The van der Waals surface area contributed by atoms with Crippen LogP contribution in [0.15, 0.2) is 0 Å². The first-order valence-corrected chi connectivity index (χ1v) is 8.99. The van der Waals surface area contributed by atoms with E-state index < -0.39 is 0 Å². The lowest BCUT2D eigenvalue weighted by atomic mass is 10.0. The Kier molecular flexibility index (Phi) is 8.11. The smallest absolute Gasteiger partial charge is 0.0900 e. The number of hydrogen-bond acceptors (Lipinski definition) is 5. The molecule has 0 aliphatic carbocycles. The van der Waals surface area contributed by atoms with Gasteiger partial charge in [-0.15, -0.1) is 0 Å². The normalized spacial score (nSPS) is 24.0. The van der Waals surface area contributed by atoms with Gasteiger partial charge < -0.3 is 24.4 Å². The summed E-state index contributed by atoms with van der Waals surface area (Å²) in [5.41, 5.74) is 0. The van der Waals surface area contributed by atoms with Gasteiger partial charge in [-0.05, 0) is 58.8 Å². The highest BCUT2D eigenvalue weighted by Crippen LogP contribution is 2.16. The molecule has 2 heterocycles. The Morgan fingerprint density at radius 3 is 2.55 bits per heavy atom. The Balaban J connectivity index is 1.60. The molecule has 0 bridgehead atoms. The summed E-state index contributed by atoms with van der Waals surface area (Å²) in [5.74, 6) is 0. The molecule has 5 nitrogen and oxygen atoms in total. The summed E-state index contributed by atoms with van der Waals surface area (Å²) in [6, 6.07) is 0.603. The fraction of sp³-hybridized carbons (Fsp3) is 1.00. The number of likely N-dealkylation sites (N-methyl/N-ethyl adjacent to an activating group) is 1. The van der Waals surface area contributed by atoms with Crippen molar-refractivity contribution in [3.8, 4) is 0 Å². The van der Waals surface area contributed by atoms with E-state index >= 15 is 0 Å². The van der Waals surface area contributed by atoms with Crippen LogP contribution in [0.2, 0.25) is 0 Å². The third-order valence-corrected chi connectivity index (χ3v) is 4.91. The first kappa shape index (κ1) is 18.1. The molecule has 0 radical (unpaired) electrons. The van der Waals surface area contributed by atoms with E-state index in [4.69, 9.17) is 9.47 Å². The Hall–Kier alpha value is -0.200. The average Bonchev–Trinajstić information content (AvgIpc) is 2.55. The standard InChI is InChI=1S/C17H34N2O3/c1-3-8-19-9-4-15(5-10-19)18(2)13-16(20)14-22-17-6-11-21-12-7-17/h15-17,20H,3-14H2,1-2H3. The maximum atomic E-state index is 10.2. The van der Waals surface area contributed by atoms with E-state index in [-0.39, 0.29) is 12.2 Å². The zero-order valence-corrected chi connectivity index (χ0v) is 14.4. The van der Waals surface area contributed by atoms with Crippen LogP contribution in [0.5, 0.6) is 0 Å². The minimum Gasteiger partial charge on any atom is -0.389 e. The molecule has 1 atom stereocenters. The fourth-order valence-electron chi connectivity index (χ4n) is 3.52. The number of hydrogen-bond donors (Lipinski definition) is 1. The molecule has 130 valence electrons. The van der Waals surface area contributed by atoms with E-state index in [1.54, 1.807) is 0 Å². The third-order valence-electron chi connectivity index (χ3n) is 4.91. The molecule has 2 rings (SSSR count). The molecule has 2 fully saturated rings. The van der Waals surface area contributed by atoms with Crippen LogP contribution in [0.4, 0.5) is 0 Å². The molecule has 0 aromatic rings. The van der Waals surface area contributed by atoms with Crippen molar-refractivity contribution in [1.29, 1.82) is 0 Å². The molecule has 0 aromatic heterocycles. The van der Waals surface area contributed by atoms with E-state index in [2.05, 4.69) is 23.8 Å². The van der Waals surface area contributed by atoms with Gasteiger partial charge >= 0.3 is 0 Å². The number of piperidine rings is 1. The lowest BCUT2D eigenvalue weighted by Crippen LogP contribution is -2.46. The number of aliphatic hydroxyl groups is 1. The van der Waals surface area contributed by atoms with Crippen molar-refractivity contribution in [2.24, 2.45) is 0 Å². The van der Waals surface area contributed by atoms with Crippen molar-refractivity contribution in [1.82, 2.24) is 9.80 Å². The number of ether oxygens (including phenoxy) is 2. The van der Waals surface area contributed by atoms with E-state index in [1.807, 2.05) is 0 Å². The van der Waals surface area contributed by atoms with E-state index in [0.717, 1.165) is 26.1 Å². The minimum absolute atomic E-state index is 0.269. The molecule has 5 heteroatoms. The van der Waals surface area contributed by atoms with Crippen molar-refractivity contribution in [3.63, 3.8) is 0 Å². The summed E-state index contributed by atoms with van der Waals surface area (Å²) in [7, 11) is 2.14. The van der Waals surface area contributed by atoms with Gasteiger partial charge in [0.15, 0.2) is 0 Å². The van der Waals surface area contributed by atoms with Crippen LogP contribution >= 0.6 is 0 Å². The maximum Gasteiger partial charge on any atom is 0.0900 e. The van der Waals surface area contributed by atoms with Crippen molar-refractivity contribution >= 4 is 0 Å². The molecule has 22 heavy (non-hydrogen) atoms. The molecule has 0 spiro atoms. The van der Waals surface area contributed by atoms with Crippen LogP contribution in [0.25, 0.3) is 0 Å². The summed E-state index contributed by atoms with van der Waals surface area (Å²) in [5, 5.41) is 10.2. The Bertz CT molecular complexity index is 290. The van der Waals surface area contributed by atoms with Gasteiger partial charge in [-0.3, -0.25) is 0 Å². The van der Waals surface area contributed by atoms with Crippen molar-refractivity contribution in [3.05, 3.63) is 0 Å². The summed E-state index contributed by atoms with van der Waals surface area (Å²) < 4.78 is 11.1. The second-order valence-corrected chi connectivity index (χ2v) is 6.81. The Labute approximate surface area is 135 Å². The van der Waals surface area contributed by atoms with Gasteiger partial charge in [-0.1, -0.05) is 6.92 Å². The van der Waals surface area contributed by atoms with Gasteiger partial charge in [0, 0.05) is 25.8 Å².